The van der Waals surface area contributed by atoms with E-state index in [2.05, 4.69) is 5.32 Å². The van der Waals surface area contributed by atoms with E-state index in [4.69, 9.17) is 9.47 Å². The van der Waals surface area contributed by atoms with Gasteiger partial charge < -0.3 is 14.8 Å². The Labute approximate surface area is 186 Å². The molecule has 1 aromatic carbocycles. The summed E-state index contributed by atoms with van der Waals surface area (Å²) in [5.41, 5.74) is -2.38. The molecular formula is C23H28N2O7. The Morgan fingerprint density at radius 3 is 1.69 bits per heavy atom. The van der Waals surface area contributed by atoms with Crippen LogP contribution < -0.4 is 5.32 Å². The number of piperidine rings is 1. The van der Waals surface area contributed by atoms with Crippen LogP contribution in [0.4, 0.5) is 5.69 Å². The topological polar surface area (TPSA) is 119 Å². The summed E-state index contributed by atoms with van der Waals surface area (Å²) in [6.45, 7) is 5.30. The molecule has 0 radical (unpaired) electrons. The van der Waals surface area contributed by atoms with Gasteiger partial charge in [-0.15, -0.1) is 0 Å². The molecule has 2 unspecified atom stereocenters. The molecule has 1 saturated carbocycles. The fraction of sp³-hybridized carbons (Fsp3) is 0.522. The molecule has 2 bridgehead atoms. The van der Waals surface area contributed by atoms with Crippen molar-refractivity contribution in [2.75, 3.05) is 26.6 Å². The zero-order valence-corrected chi connectivity index (χ0v) is 19.2. The molecule has 2 atom stereocenters. The van der Waals surface area contributed by atoms with Crippen LogP contribution in [-0.4, -0.2) is 55.8 Å². The van der Waals surface area contributed by atoms with E-state index in [1.165, 1.54) is 44.4 Å². The third-order valence-corrected chi connectivity index (χ3v) is 6.56. The van der Waals surface area contributed by atoms with Gasteiger partial charge in [-0.2, -0.15) is 0 Å². The van der Waals surface area contributed by atoms with Crippen molar-refractivity contribution in [1.82, 2.24) is 4.90 Å². The molecule has 3 amide bonds. The van der Waals surface area contributed by atoms with Crippen molar-refractivity contribution in [2.45, 2.75) is 40.0 Å². The van der Waals surface area contributed by atoms with Crippen molar-refractivity contribution in [3.05, 3.63) is 29.3 Å². The molecule has 2 fully saturated rings. The monoisotopic (exact) mass is 444 g/mol. The molecule has 0 aromatic heterocycles. The summed E-state index contributed by atoms with van der Waals surface area (Å²) >= 11 is 0. The number of hydrogen-bond acceptors (Lipinski definition) is 7. The van der Waals surface area contributed by atoms with Crippen LogP contribution in [0.15, 0.2) is 18.2 Å². The zero-order valence-electron chi connectivity index (χ0n) is 19.2. The molecule has 1 aromatic rings. The van der Waals surface area contributed by atoms with E-state index in [1.54, 1.807) is 20.8 Å². The number of methoxy groups -OCH3 is 2. The SMILES string of the molecule is COC(=O)c1cc(NC(=O)C2(C)CC3(C)CC(C)(C2)C(=O)N(C)C3=O)cc(C(=O)OC)c1. The largest absolute Gasteiger partial charge is 0.465 e. The second-order valence-electron chi connectivity index (χ2n) is 9.62. The summed E-state index contributed by atoms with van der Waals surface area (Å²) in [7, 11) is 3.90. The van der Waals surface area contributed by atoms with Crippen LogP contribution in [0.2, 0.25) is 0 Å². The van der Waals surface area contributed by atoms with E-state index < -0.39 is 34.1 Å². The first-order chi connectivity index (χ1) is 14.8. The summed E-state index contributed by atoms with van der Waals surface area (Å²) in [5.74, 6) is -2.34. The number of carbonyl (C=O) groups is 5. The average molecular weight is 444 g/mol. The van der Waals surface area contributed by atoms with Gasteiger partial charge in [0, 0.05) is 29.0 Å². The van der Waals surface area contributed by atoms with Gasteiger partial charge in [0.2, 0.25) is 17.7 Å². The van der Waals surface area contributed by atoms with Crippen molar-refractivity contribution in [2.24, 2.45) is 16.2 Å². The maximum Gasteiger partial charge on any atom is 0.337 e. The number of rotatable bonds is 4. The van der Waals surface area contributed by atoms with Crippen molar-refractivity contribution >= 4 is 35.3 Å². The third-order valence-electron chi connectivity index (χ3n) is 6.56. The highest BCUT2D eigenvalue weighted by Gasteiger charge is 2.62. The normalized spacial score (nSPS) is 29.4. The fourth-order valence-electron chi connectivity index (χ4n) is 5.59. The minimum Gasteiger partial charge on any atom is -0.465 e. The first-order valence-electron chi connectivity index (χ1n) is 10.2. The molecule has 32 heavy (non-hydrogen) atoms. The van der Waals surface area contributed by atoms with Crippen molar-refractivity contribution in [3.63, 3.8) is 0 Å². The zero-order chi connectivity index (χ0) is 24.1. The van der Waals surface area contributed by atoms with Crippen LogP contribution in [0.25, 0.3) is 0 Å². The molecule has 1 saturated heterocycles. The first kappa shape index (κ1) is 23.4. The summed E-state index contributed by atoms with van der Waals surface area (Å²) in [4.78, 5) is 64.4. The maximum atomic E-state index is 13.4. The van der Waals surface area contributed by atoms with E-state index >= 15 is 0 Å². The lowest BCUT2D eigenvalue weighted by molar-refractivity contribution is -0.177. The Kier molecular flexibility index (Phi) is 5.65. The minimum atomic E-state index is -1.03. The number of hydrogen-bond donors (Lipinski definition) is 1. The molecule has 0 spiro atoms. The number of imide groups is 1. The van der Waals surface area contributed by atoms with Crippen LogP contribution >= 0.6 is 0 Å². The number of amides is 3. The van der Waals surface area contributed by atoms with Gasteiger partial charge in [0.05, 0.1) is 25.3 Å². The lowest BCUT2D eigenvalue weighted by Crippen LogP contribution is -2.63. The van der Waals surface area contributed by atoms with Crippen LogP contribution in [0.3, 0.4) is 0 Å². The molecule has 3 rings (SSSR count). The number of fused-ring (bicyclic) bond motifs is 2. The smallest absolute Gasteiger partial charge is 0.337 e. The molecule has 1 aliphatic carbocycles. The highest BCUT2D eigenvalue weighted by Crippen LogP contribution is 2.58. The molecule has 1 aliphatic heterocycles. The van der Waals surface area contributed by atoms with Gasteiger partial charge >= 0.3 is 11.9 Å². The van der Waals surface area contributed by atoms with Gasteiger partial charge in [0.15, 0.2) is 0 Å². The highest BCUT2D eigenvalue weighted by atomic mass is 16.5. The van der Waals surface area contributed by atoms with Crippen molar-refractivity contribution in [1.29, 1.82) is 0 Å². The third kappa shape index (κ3) is 3.76. The van der Waals surface area contributed by atoms with Gasteiger partial charge in [-0.05, 0) is 37.5 Å². The van der Waals surface area contributed by atoms with Crippen LogP contribution in [0.1, 0.15) is 60.7 Å². The molecule has 9 nitrogen and oxygen atoms in total. The van der Waals surface area contributed by atoms with E-state index in [0.717, 1.165) is 0 Å². The molecule has 9 heteroatoms. The minimum absolute atomic E-state index is 0.0715. The number of carbonyl (C=O) groups excluding carboxylic acids is 5. The first-order valence-corrected chi connectivity index (χ1v) is 10.2. The molecule has 2 aliphatic rings. The number of likely N-dealkylation sites (tertiary alicyclic amines) is 1. The number of ether oxygens (including phenoxy) is 2. The van der Waals surface area contributed by atoms with Gasteiger partial charge in [-0.25, -0.2) is 9.59 Å². The summed E-state index contributed by atoms with van der Waals surface area (Å²) in [6.07, 6.45) is 0.909. The Morgan fingerprint density at radius 1 is 0.844 bits per heavy atom. The van der Waals surface area contributed by atoms with Crippen LogP contribution in [-0.2, 0) is 23.9 Å². The number of nitrogens with one attached hydrogen (secondary N) is 1. The predicted molar refractivity (Wildman–Crippen MR) is 114 cm³/mol. The Balaban J connectivity index is 1.96. The molecule has 1 heterocycles. The van der Waals surface area contributed by atoms with Gasteiger partial charge in [0.25, 0.3) is 0 Å². The molecule has 1 N–H and O–H groups in total. The Bertz CT molecular complexity index is 969. The second-order valence-corrected chi connectivity index (χ2v) is 9.62. The van der Waals surface area contributed by atoms with Crippen molar-refractivity contribution in [3.8, 4) is 0 Å². The number of nitrogens with zero attached hydrogens (tertiary/aromatic N) is 1. The Hall–Kier alpha value is -3.23. The average Bonchev–Trinajstić information content (AvgIpc) is 2.74. The van der Waals surface area contributed by atoms with Gasteiger partial charge in [-0.3, -0.25) is 19.3 Å². The van der Waals surface area contributed by atoms with E-state index in [0.29, 0.717) is 6.42 Å². The molecular weight excluding hydrogens is 416 g/mol. The van der Waals surface area contributed by atoms with Gasteiger partial charge in [-0.1, -0.05) is 20.8 Å². The molecule has 172 valence electrons. The summed E-state index contributed by atoms with van der Waals surface area (Å²) < 4.78 is 9.46. The predicted octanol–water partition coefficient (Wildman–Crippen LogP) is 2.40. The number of esters is 2. The fourth-order valence-corrected chi connectivity index (χ4v) is 5.59. The summed E-state index contributed by atoms with van der Waals surface area (Å²) in [5, 5.41) is 2.76. The number of benzene rings is 1. The van der Waals surface area contributed by atoms with Crippen LogP contribution in [0, 0.1) is 16.2 Å². The Morgan fingerprint density at radius 2 is 1.28 bits per heavy atom. The second kappa shape index (κ2) is 7.72. The lowest BCUT2D eigenvalue weighted by atomic mass is 9.51. The van der Waals surface area contributed by atoms with E-state index in [9.17, 15) is 24.0 Å². The van der Waals surface area contributed by atoms with Crippen LogP contribution in [0.5, 0.6) is 0 Å². The number of anilines is 1. The standard InChI is InChI=1S/C23H28N2O7/c1-21(10-22(2)12-23(3,11-21)20(30)25(4)19(22)29)18(28)24-15-8-13(16(26)31-5)7-14(9-15)17(27)32-6/h7-9H,10-12H2,1-6H3,(H,24,28). The van der Waals surface area contributed by atoms with E-state index in [1.807, 2.05) is 0 Å². The van der Waals surface area contributed by atoms with Gasteiger partial charge in [0.1, 0.15) is 0 Å². The summed E-state index contributed by atoms with van der Waals surface area (Å²) in [6, 6.07) is 4.11. The van der Waals surface area contributed by atoms with Crippen molar-refractivity contribution < 1.29 is 33.4 Å². The maximum absolute atomic E-state index is 13.4. The highest BCUT2D eigenvalue weighted by molar-refractivity contribution is 6.06. The lowest BCUT2D eigenvalue weighted by Gasteiger charge is -2.55. The quantitative estimate of drug-likeness (QED) is 0.559. The van der Waals surface area contributed by atoms with E-state index in [-0.39, 0.29) is 41.5 Å².